The summed E-state index contributed by atoms with van der Waals surface area (Å²) in [5.41, 5.74) is 1.27. The molecule has 0 amide bonds. The van der Waals surface area contributed by atoms with Gasteiger partial charge in [0.15, 0.2) is 0 Å². The maximum absolute atomic E-state index is 4.38. The predicted molar refractivity (Wildman–Crippen MR) is 67.2 cm³/mol. The molecule has 2 aromatic rings. The molecule has 0 N–H and O–H groups in total. The molecule has 1 aromatic heterocycles. The lowest BCUT2D eigenvalue weighted by Crippen LogP contribution is -1.80. The van der Waals surface area contributed by atoms with Crippen LogP contribution in [0.3, 0.4) is 0 Å². The van der Waals surface area contributed by atoms with Crippen molar-refractivity contribution in [2.24, 2.45) is 0 Å². The first-order valence-electron chi connectivity index (χ1n) is 4.61. The van der Waals surface area contributed by atoms with Crippen LogP contribution in [-0.2, 0) is 0 Å². The van der Waals surface area contributed by atoms with Gasteiger partial charge < -0.3 is 0 Å². The minimum absolute atomic E-state index is 0.875. The van der Waals surface area contributed by atoms with Crippen LogP contribution in [0, 0.1) is 6.92 Å². The third kappa shape index (κ3) is 3.08. The number of pyridine rings is 1. The number of hydrogen-bond acceptors (Lipinski definition) is 2. The van der Waals surface area contributed by atoms with Crippen molar-refractivity contribution in [1.82, 2.24) is 4.98 Å². The van der Waals surface area contributed by atoms with Gasteiger partial charge in [0.1, 0.15) is 9.63 Å². The number of aromatic nitrogens is 1. The highest BCUT2D eigenvalue weighted by molar-refractivity contribution is 9.10. The zero-order valence-electron chi connectivity index (χ0n) is 8.27. The maximum atomic E-state index is 4.38. The lowest BCUT2D eigenvalue weighted by molar-refractivity contribution is 1.10. The summed E-state index contributed by atoms with van der Waals surface area (Å²) in [5.74, 6) is 0. The molecule has 0 spiro atoms. The van der Waals surface area contributed by atoms with Crippen LogP contribution >= 0.6 is 27.7 Å². The molecule has 0 fully saturated rings. The average molecular weight is 280 g/mol. The van der Waals surface area contributed by atoms with Crippen molar-refractivity contribution in [1.29, 1.82) is 0 Å². The number of rotatable bonds is 2. The summed E-state index contributed by atoms with van der Waals surface area (Å²) in [7, 11) is 0. The molecule has 0 unspecified atom stereocenters. The van der Waals surface area contributed by atoms with E-state index in [1.807, 2.05) is 18.2 Å². The quantitative estimate of drug-likeness (QED) is 0.760. The van der Waals surface area contributed by atoms with Crippen molar-refractivity contribution < 1.29 is 0 Å². The second-order valence-corrected chi connectivity index (χ2v) is 5.12. The molecule has 0 radical (unpaired) electrons. The molecule has 0 saturated heterocycles. The fourth-order valence-corrected chi connectivity index (χ4v) is 2.63. The molecule has 0 aliphatic heterocycles. The Kier molecular flexibility index (Phi) is 3.44. The zero-order chi connectivity index (χ0) is 10.7. The van der Waals surface area contributed by atoms with E-state index in [9.17, 15) is 0 Å². The summed E-state index contributed by atoms with van der Waals surface area (Å²) in [6.45, 7) is 2.10. The van der Waals surface area contributed by atoms with E-state index < -0.39 is 0 Å². The minimum Gasteiger partial charge on any atom is -0.234 e. The van der Waals surface area contributed by atoms with Gasteiger partial charge in [-0.15, -0.1) is 0 Å². The van der Waals surface area contributed by atoms with Gasteiger partial charge in [-0.25, -0.2) is 4.98 Å². The highest BCUT2D eigenvalue weighted by Gasteiger charge is 1.99. The molecule has 1 heterocycles. The van der Waals surface area contributed by atoms with Gasteiger partial charge in [-0.05, 0) is 47.1 Å². The van der Waals surface area contributed by atoms with Crippen molar-refractivity contribution >= 4 is 27.7 Å². The van der Waals surface area contributed by atoms with Crippen LogP contribution in [0.1, 0.15) is 5.56 Å². The van der Waals surface area contributed by atoms with Crippen LogP contribution < -0.4 is 0 Å². The molecule has 0 aliphatic rings. The Morgan fingerprint density at radius 1 is 1.13 bits per heavy atom. The largest absolute Gasteiger partial charge is 0.234 e. The summed E-state index contributed by atoms with van der Waals surface area (Å²) >= 11 is 5.04. The van der Waals surface area contributed by atoms with Gasteiger partial charge in [-0.2, -0.15) is 0 Å². The summed E-state index contributed by atoms with van der Waals surface area (Å²) in [5, 5.41) is 1.01. The zero-order valence-corrected chi connectivity index (χ0v) is 10.7. The Morgan fingerprint density at radius 2 is 1.93 bits per heavy atom. The van der Waals surface area contributed by atoms with Crippen molar-refractivity contribution in [3.8, 4) is 0 Å². The molecular weight excluding hydrogens is 270 g/mol. The SMILES string of the molecule is Cc1cccc(Sc2cccc(Br)n2)c1. The standard InChI is InChI=1S/C12H10BrNS/c1-9-4-2-5-10(8-9)15-12-7-3-6-11(13)14-12/h2-8H,1H3. The Bertz CT molecular complexity index is 427. The van der Waals surface area contributed by atoms with E-state index >= 15 is 0 Å². The van der Waals surface area contributed by atoms with E-state index in [-0.39, 0.29) is 0 Å². The summed E-state index contributed by atoms with van der Waals surface area (Å²) in [4.78, 5) is 5.60. The first-order valence-corrected chi connectivity index (χ1v) is 6.22. The first-order chi connectivity index (χ1) is 7.24. The van der Waals surface area contributed by atoms with Crippen LogP contribution in [0.15, 0.2) is 57.0 Å². The molecular formula is C12H10BrNS. The highest BCUT2D eigenvalue weighted by atomic mass is 79.9. The summed E-state index contributed by atoms with van der Waals surface area (Å²) in [6.07, 6.45) is 0. The van der Waals surface area contributed by atoms with E-state index in [0.29, 0.717) is 0 Å². The second kappa shape index (κ2) is 4.81. The summed E-state index contributed by atoms with van der Waals surface area (Å²) in [6, 6.07) is 14.4. The van der Waals surface area contributed by atoms with Gasteiger partial charge in [0.2, 0.25) is 0 Å². The molecule has 0 saturated carbocycles. The van der Waals surface area contributed by atoms with Crippen molar-refractivity contribution in [2.75, 3.05) is 0 Å². The van der Waals surface area contributed by atoms with Crippen LogP contribution in [0.2, 0.25) is 0 Å². The molecule has 3 heteroatoms. The van der Waals surface area contributed by atoms with E-state index in [1.54, 1.807) is 11.8 Å². The lowest BCUT2D eigenvalue weighted by atomic mass is 10.2. The first kappa shape index (κ1) is 10.7. The monoisotopic (exact) mass is 279 g/mol. The molecule has 2 rings (SSSR count). The van der Waals surface area contributed by atoms with Crippen LogP contribution in [0.25, 0.3) is 0 Å². The molecule has 1 nitrogen and oxygen atoms in total. The Hall–Kier alpha value is -0.800. The lowest BCUT2D eigenvalue weighted by Gasteiger charge is -2.01. The van der Waals surface area contributed by atoms with Crippen LogP contribution in [0.4, 0.5) is 0 Å². The summed E-state index contributed by atoms with van der Waals surface area (Å²) < 4.78 is 0.875. The predicted octanol–water partition coefficient (Wildman–Crippen LogP) is 4.30. The van der Waals surface area contributed by atoms with Gasteiger partial charge in [0, 0.05) is 4.90 Å². The van der Waals surface area contributed by atoms with E-state index in [4.69, 9.17) is 0 Å². The number of halogens is 1. The van der Waals surface area contributed by atoms with Gasteiger partial charge in [-0.3, -0.25) is 0 Å². The van der Waals surface area contributed by atoms with Crippen molar-refractivity contribution in [3.63, 3.8) is 0 Å². The Balaban J connectivity index is 2.22. The smallest absolute Gasteiger partial charge is 0.107 e. The molecule has 15 heavy (non-hydrogen) atoms. The van der Waals surface area contributed by atoms with Gasteiger partial charge in [0.05, 0.1) is 0 Å². The van der Waals surface area contributed by atoms with E-state index in [1.165, 1.54) is 10.5 Å². The third-order valence-corrected chi connectivity index (χ3v) is 3.27. The van der Waals surface area contributed by atoms with Crippen molar-refractivity contribution in [2.45, 2.75) is 16.8 Å². The third-order valence-electron chi connectivity index (χ3n) is 1.90. The van der Waals surface area contributed by atoms with Crippen molar-refractivity contribution in [3.05, 3.63) is 52.6 Å². The molecule has 0 atom stereocenters. The van der Waals surface area contributed by atoms with E-state index in [2.05, 4.69) is 52.1 Å². The fraction of sp³-hybridized carbons (Fsp3) is 0.0833. The Labute approximate surface area is 102 Å². The van der Waals surface area contributed by atoms with Crippen LogP contribution in [-0.4, -0.2) is 4.98 Å². The number of aryl methyl sites for hydroxylation is 1. The Morgan fingerprint density at radius 3 is 2.67 bits per heavy atom. The number of nitrogens with zero attached hydrogens (tertiary/aromatic N) is 1. The fourth-order valence-electron chi connectivity index (χ4n) is 1.25. The second-order valence-electron chi connectivity index (χ2n) is 3.22. The maximum Gasteiger partial charge on any atom is 0.107 e. The van der Waals surface area contributed by atoms with E-state index in [0.717, 1.165) is 9.63 Å². The molecule has 0 aliphatic carbocycles. The minimum atomic E-state index is 0.875. The highest BCUT2D eigenvalue weighted by Crippen LogP contribution is 2.27. The number of benzene rings is 1. The molecule has 76 valence electrons. The van der Waals surface area contributed by atoms with Gasteiger partial charge >= 0.3 is 0 Å². The normalized spacial score (nSPS) is 10.3. The number of hydrogen-bond donors (Lipinski definition) is 0. The molecule has 1 aromatic carbocycles. The van der Waals surface area contributed by atoms with Crippen LogP contribution in [0.5, 0.6) is 0 Å². The van der Waals surface area contributed by atoms with Gasteiger partial charge in [-0.1, -0.05) is 35.5 Å². The molecule has 0 bridgehead atoms. The topological polar surface area (TPSA) is 12.9 Å². The average Bonchev–Trinajstić information content (AvgIpc) is 2.17. The van der Waals surface area contributed by atoms with Gasteiger partial charge in [0.25, 0.3) is 0 Å².